The van der Waals surface area contributed by atoms with Gasteiger partial charge in [-0.05, 0) is 7.05 Å². The Hall–Kier alpha value is -0.450. The Morgan fingerprint density at radius 3 is 3.09 bits per heavy atom. The molecule has 0 amide bonds. The van der Waals surface area contributed by atoms with E-state index in [0.717, 1.165) is 23.7 Å². The number of likely N-dealkylation sites (N-methyl/N-ethyl adjacent to an activating group) is 1. The SMILES string of the molecule is CNCCc1csc(CO)n1. The van der Waals surface area contributed by atoms with Crippen molar-refractivity contribution in [2.75, 3.05) is 13.6 Å². The van der Waals surface area contributed by atoms with Crippen molar-refractivity contribution in [3.63, 3.8) is 0 Å². The largest absolute Gasteiger partial charge is 0.389 e. The van der Waals surface area contributed by atoms with E-state index in [1.165, 1.54) is 11.3 Å². The molecule has 0 fully saturated rings. The summed E-state index contributed by atoms with van der Waals surface area (Å²) in [5.74, 6) is 0. The molecule has 0 atom stereocenters. The standard InChI is InChI=1S/C7H12N2OS/c1-8-3-2-6-5-11-7(4-10)9-6/h5,8,10H,2-4H2,1H3. The summed E-state index contributed by atoms with van der Waals surface area (Å²) < 4.78 is 0. The third-order valence-corrected chi connectivity index (χ3v) is 2.25. The number of hydrogen-bond acceptors (Lipinski definition) is 4. The summed E-state index contributed by atoms with van der Waals surface area (Å²) in [6.07, 6.45) is 0.938. The maximum atomic E-state index is 8.71. The van der Waals surface area contributed by atoms with Gasteiger partial charge in [-0.3, -0.25) is 0 Å². The van der Waals surface area contributed by atoms with Crippen LogP contribution in [0.4, 0.5) is 0 Å². The number of thiazole rings is 1. The zero-order chi connectivity index (χ0) is 8.10. The van der Waals surface area contributed by atoms with E-state index < -0.39 is 0 Å². The van der Waals surface area contributed by atoms with Crippen molar-refractivity contribution in [1.82, 2.24) is 10.3 Å². The molecule has 0 aromatic carbocycles. The number of aliphatic hydroxyl groups excluding tert-OH is 1. The smallest absolute Gasteiger partial charge is 0.118 e. The highest BCUT2D eigenvalue weighted by molar-refractivity contribution is 7.09. The Labute approximate surface area is 70.1 Å². The summed E-state index contributed by atoms with van der Waals surface area (Å²) in [6, 6.07) is 0. The van der Waals surface area contributed by atoms with Crippen LogP contribution in [0.5, 0.6) is 0 Å². The van der Waals surface area contributed by atoms with Crippen LogP contribution < -0.4 is 5.32 Å². The quantitative estimate of drug-likeness (QED) is 0.691. The van der Waals surface area contributed by atoms with Gasteiger partial charge in [0, 0.05) is 18.3 Å². The Kier molecular flexibility index (Phi) is 3.48. The Morgan fingerprint density at radius 2 is 2.55 bits per heavy atom. The van der Waals surface area contributed by atoms with Crippen molar-refractivity contribution in [3.8, 4) is 0 Å². The number of aliphatic hydroxyl groups is 1. The number of nitrogens with zero attached hydrogens (tertiary/aromatic N) is 1. The fourth-order valence-corrected chi connectivity index (χ4v) is 1.48. The van der Waals surface area contributed by atoms with E-state index in [4.69, 9.17) is 5.11 Å². The molecule has 0 saturated heterocycles. The second-order valence-corrected chi connectivity index (χ2v) is 3.19. The van der Waals surface area contributed by atoms with Crippen LogP contribution in [0.1, 0.15) is 10.7 Å². The lowest BCUT2D eigenvalue weighted by atomic mass is 10.3. The van der Waals surface area contributed by atoms with E-state index in [0.29, 0.717) is 0 Å². The Bertz CT molecular complexity index is 212. The van der Waals surface area contributed by atoms with Gasteiger partial charge < -0.3 is 10.4 Å². The fourth-order valence-electron chi connectivity index (χ4n) is 0.789. The highest BCUT2D eigenvalue weighted by atomic mass is 32.1. The van der Waals surface area contributed by atoms with Gasteiger partial charge in [0.25, 0.3) is 0 Å². The van der Waals surface area contributed by atoms with Gasteiger partial charge in [-0.2, -0.15) is 0 Å². The number of nitrogens with one attached hydrogen (secondary N) is 1. The van der Waals surface area contributed by atoms with Crippen molar-refractivity contribution in [2.24, 2.45) is 0 Å². The first kappa shape index (κ1) is 8.64. The molecule has 1 rings (SSSR count). The van der Waals surface area contributed by atoms with Gasteiger partial charge in [-0.1, -0.05) is 0 Å². The molecule has 0 unspecified atom stereocenters. The normalized spacial score (nSPS) is 10.4. The first-order chi connectivity index (χ1) is 5.36. The molecule has 0 aliphatic carbocycles. The summed E-state index contributed by atoms with van der Waals surface area (Å²) in [5.41, 5.74) is 1.06. The average molecular weight is 172 g/mol. The molecule has 0 aliphatic rings. The Balaban J connectivity index is 2.44. The van der Waals surface area contributed by atoms with Crippen LogP contribution in [0, 0.1) is 0 Å². The van der Waals surface area contributed by atoms with Gasteiger partial charge in [0.1, 0.15) is 5.01 Å². The molecule has 0 spiro atoms. The highest BCUT2D eigenvalue weighted by Crippen LogP contribution is 2.09. The molecule has 1 aromatic heterocycles. The van der Waals surface area contributed by atoms with Gasteiger partial charge in [0.15, 0.2) is 0 Å². The first-order valence-corrected chi connectivity index (χ1v) is 4.43. The maximum Gasteiger partial charge on any atom is 0.118 e. The van der Waals surface area contributed by atoms with Crippen molar-refractivity contribution >= 4 is 11.3 Å². The molecule has 3 nitrogen and oxygen atoms in total. The molecular weight excluding hydrogens is 160 g/mol. The summed E-state index contributed by atoms with van der Waals surface area (Å²) in [5, 5.41) is 14.5. The van der Waals surface area contributed by atoms with Crippen LogP contribution in [0.3, 0.4) is 0 Å². The molecule has 0 bridgehead atoms. The van der Waals surface area contributed by atoms with Crippen LogP contribution >= 0.6 is 11.3 Å². The molecule has 62 valence electrons. The second kappa shape index (κ2) is 4.43. The van der Waals surface area contributed by atoms with Gasteiger partial charge in [-0.25, -0.2) is 4.98 Å². The fraction of sp³-hybridized carbons (Fsp3) is 0.571. The summed E-state index contributed by atoms with van der Waals surface area (Å²) in [4.78, 5) is 4.19. The monoisotopic (exact) mass is 172 g/mol. The maximum absolute atomic E-state index is 8.71. The summed E-state index contributed by atoms with van der Waals surface area (Å²) in [6.45, 7) is 0.999. The summed E-state index contributed by atoms with van der Waals surface area (Å²) in [7, 11) is 1.92. The molecule has 1 aromatic rings. The lowest BCUT2D eigenvalue weighted by molar-refractivity contribution is 0.281. The van der Waals surface area contributed by atoms with Crippen molar-refractivity contribution in [3.05, 3.63) is 16.1 Å². The lowest BCUT2D eigenvalue weighted by Gasteiger charge is -1.93. The van der Waals surface area contributed by atoms with Crippen molar-refractivity contribution < 1.29 is 5.11 Å². The first-order valence-electron chi connectivity index (χ1n) is 3.55. The predicted molar refractivity (Wildman–Crippen MR) is 45.7 cm³/mol. The van der Waals surface area contributed by atoms with E-state index in [-0.39, 0.29) is 6.61 Å². The zero-order valence-corrected chi connectivity index (χ0v) is 7.32. The summed E-state index contributed by atoms with van der Waals surface area (Å²) >= 11 is 1.51. The van der Waals surface area contributed by atoms with Crippen LogP contribution in [0.25, 0.3) is 0 Å². The van der Waals surface area contributed by atoms with Crippen molar-refractivity contribution in [1.29, 1.82) is 0 Å². The molecule has 11 heavy (non-hydrogen) atoms. The minimum absolute atomic E-state index is 0.0597. The lowest BCUT2D eigenvalue weighted by Crippen LogP contribution is -2.10. The molecule has 4 heteroatoms. The van der Waals surface area contributed by atoms with Gasteiger partial charge in [0.05, 0.1) is 12.3 Å². The van der Waals surface area contributed by atoms with E-state index >= 15 is 0 Å². The van der Waals surface area contributed by atoms with E-state index in [2.05, 4.69) is 10.3 Å². The third kappa shape index (κ3) is 2.57. The van der Waals surface area contributed by atoms with E-state index in [1.54, 1.807) is 0 Å². The van der Waals surface area contributed by atoms with Gasteiger partial charge in [-0.15, -0.1) is 11.3 Å². The predicted octanol–water partition coefficient (Wildman–Crippen LogP) is 0.397. The van der Waals surface area contributed by atoms with Crippen LogP contribution in [0.15, 0.2) is 5.38 Å². The zero-order valence-electron chi connectivity index (χ0n) is 6.50. The number of hydrogen-bond donors (Lipinski definition) is 2. The molecule has 0 radical (unpaired) electrons. The molecule has 2 N–H and O–H groups in total. The van der Waals surface area contributed by atoms with Crippen LogP contribution in [-0.4, -0.2) is 23.7 Å². The molecule has 0 saturated carbocycles. The average Bonchev–Trinajstić information content (AvgIpc) is 2.48. The molecule has 0 aliphatic heterocycles. The van der Waals surface area contributed by atoms with E-state index in [1.807, 2.05) is 12.4 Å². The third-order valence-electron chi connectivity index (χ3n) is 1.37. The second-order valence-electron chi connectivity index (χ2n) is 2.24. The minimum atomic E-state index is 0.0597. The van der Waals surface area contributed by atoms with Crippen LogP contribution in [0.2, 0.25) is 0 Å². The van der Waals surface area contributed by atoms with Crippen molar-refractivity contribution in [2.45, 2.75) is 13.0 Å². The minimum Gasteiger partial charge on any atom is -0.389 e. The Morgan fingerprint density at radius 1 is 1.73 bits per heavy atom. The number of rotatable bonds is 4. The van der Waals surface area contributed by atoms with Gasteiger partial charge >= 0.3 is 0 Å². The van der Waals surface area contributed by atoms with Crippen LogP contribution in [-0.2, 0) is 13.0 Å². The van der Waals surface area contributed by atoms with Gasteiger partial charge in [0.2, 0.25) is 0 Å². The number of aromatic nitrogens is 1. The molecular formula is C7H12N2OS. The highest BCUT2D eigenvalue weighted by Gasteiger charge is 1.98. The van der Waals surface area contributed by atoms with E-state index in [9.17, 15) is 0 Å². The topological polar surface area (TPSA) is 45.1 Å². The molecule has 1 heterocycles.